The normalized spacial score (nSPS) is 11.4. The second kappa shape index (κ2) is 8.65. The molecule has 0 spiro atoms. The van der Waals surface area contributed by atoms with Gasteiger partial charge >= 0.3 is 0 Å². The first kappa shape index (κ1) is 22.5. The van der Waals surface area contributed by atoms with E-state index in [0.717, 1.165) is 33.3 Å². The van der Waals surface area contributed by atoms with Crippen LogP contribution in [0.25, 0.3) is 22.0 Å². The summed E-state index contributed by atoms with van der Waals surface area (Å²) in [6, 6.07) is 8.83. The topological polar surface area (TPSA) is 79.8 Å². The van der Waals surface area contributed by atoms with Crippen molar-refractivity contribution in [2.24, 2.45) is 0 Å². The maximum Gasteiger partial charge on any atom is 0.253 e. The molecule has 0 unspecified atom stereocenters. The first-order chi connectivity index (χ1) is 15.7. The third kappa shape index (κ3) is 4.31. The molecule has 0 aliphatic rings. The number of hydrogen-bond acceptors (Lipinski definition) is 3. The summed E-state index contributed by atoms with van der Waals surface area (Å²) >= 11 is 0. The van der Waals surface area contributed by atoms with E-state index in [0.29, 0.717) is 16.7 Å². The van der Waals surface area contributed by atoms with Crippen molar-refractivity contribution in [3.05, 3.63) is 87.0 Å². The summed E-state index contributed by atoms with van der Waals surface area (Å²) < 4.78 is 15.5. The Bertz CT molecular complexity index is 1420. The summed E-state index contributed by atoms with van der Waals surface area (Å²) in [5.74, 6) is -0.834. The number of aryl methyl sites for hydroxylation is 3. The van der Waals surface area contributed by atoms with Gasteiger partial charge in [-0.05, 0) is 81.6 Å². The number of carbonyl (C=O) groups excluding carboxylic acids is 1. The largest absolute Gasteiger partial charge is 0.348 e. The van der Waals surface area contributed by atoms with E-state index in [1.807, 2.05) is 39.1 Å². The van der Waals surface area contributed by atoms with Gasteiger partial charge in [-0.15, -0.1) is 0 Å². The number of pyridine rings is 2. The molecule has 6 nitrogen and oxygen atoms in total. The van der Waals surface area contributed by atoms with Crippen LogP contribution in [0.3, 0.4) is 0 Å². The fourth-order valence-corrected chi connectivity index (χ4v) is 4.27. The quantitative estimate of drug-likeness (QED) is 0.425. The Kier molecular flexibility index (Phi) is 5.89. The number of aromatic amines is 1. The number of rotatable bonds is 5. The third-order valence-electron chi connectivity index (χ3n) is 5.90. The first-order valence-corrected chi connectivity index (χ1v) is 10.9. The van der Waals surface area contributed by atoms with Crippen molar-refractivity contribution in [1.29, 1.82) is 0 Å². The van der Waals surface area contributed by atoms with E-state index in [9.17, 15) is 14.0 Å². The minimum Gasteiger partial charge on any atom is -0.348 e. The Morgan fingerprint density at radius 2 is 1.88 bits per heavy atom. The molecule has 7 heteroatoms. The van der Waals surface area contributed by atoms with Crippen molar-refractivity contribution in [3.8, 4) is 11.1 Å². The van der Waals surface area contributed by atoms with Crippen LogP contribution in [-0.4, -0.2) is 20.4 Å². The minimum atomic E-state index is -0.558. The van der Waals surface area contributed by atoms with Crippen LogP contribution in [0, 0.1) is 26.7 Å². The van der Waals surface area contributed by atoms with Crippen LogP contribution in [-0.2, 0) is 6.54 Å². The van der Waals surface area contributed by atoms with Crippen LogP contribution in [0.2, 0.25) is 0 Å². The van der Waals surface area contributed by atoms with Crippen molar-refractivity contribution in [1.82, 2.24) is 19.9 Å². The minimum absolute atomic E-state index is 0.119. The highest BCUT2D eigenvalue weighted by molar-refractivity contribution is 6.09. The van der Waals surface area contributed by atoms with Crippen molar-refractivity contribution >= 4 is 16.8 Å². The maximum absolute atomic E-state index is 13.4. The maximum atomic E-state index is 13.4. The summed E-state index contributed by atoms with van der Waals surface area (Å²) in [4.78, 5) is 32.3. The standard InChI is InChI=1S/C26H27FN4O2/c1-14(2)31-13-16(4)24-20(9-19(10-22(24)31)18-6-7-23(27)28-11-18)25(32)29-12-21-15(3)8-17(5)30-26(21)33/h6-11,13-14H,12H2,1-5H3,(H,29,32)(H,30,33). The first-order valence-electron chi connectivity index (χ1n) is 10.9. The molecule has 0 aliphatic carbocycles. The van der Waals surface area contributed by atoms with Gasteiger partial charge in [-0.25, -0.2) is 4.98 Å². The van der Waals surface area contributed by atoms with Gasteiger partial charge in [0.2, 0.25) is 5.95 Å². The van der Waals surface area contributed by atoms with Gasteiger partial charge < -0.3 is 14.9 Å². The Morgan fingerprint density at radius 1 is 1.12 bits per heavy atom. The lowest BCUT2D eigenvalue weighted by Gasteiger charge is -2.14. The predicted molar refractivity (Wildman–Crippen MR) is 128 cm³/mol. The van der Waals surface area contributed by atoms with E-state index < -0.39 is 5.95 Å². The summed E-state index contributed by atoms with van der Waals surface area (Å²) in [5, 5.41) is 3.77. The highest BCUT2D eigenvalue weighted by atomic mass is 19.1. The molecule has 0 fully saturated rings. The molecule has 0 saturated heterocycles. The summed E-state index contributed by atoms with van der Waals surface area (Å²) in [6.45, 7) is 9.94. The van der Waals surface area contributed by atoms with E-state index in [-0.39, 0.29) is 24.1 Å². The molecule has 3 aromatic heterocycles. The Balaban J connectivity index is 1.80. The molecule has 0 bridgehead atoms. The molecule has 3 heterocycles. The molecule has 4 aromatic rings. The van der Waals surface area contributed by atoms with Crippen LogP contribution >= 0.6 is 0 Å². The average molecular weight is 447 g/mol. The zero-order valence-electron chi connectivity index (χ0n) is 19.4. The fraction of sp³-hybridized carbons (Fsp3) is 0.269. The zero-order valence-corrected chi connectivity index (χ0v) is 19.4. The summed E-state index contributed by atoms with van der Waals surface area (Å²) in [6.07, 6.45) is 3.50. The second-order valence-electron chi connectivity index (χ2n) is 8.73. The van der Waals surface area contributed by atoms with Gasteiger partial charge in [0, 0.05) is 58.3 Å². The number of aromatic nitrogens is 3. The van der Waals surface area contributed by atoms with Gasteiger partial charge in [-0.2, -0.15) is 4.39 Å². The fourth-order valence-electron chi connectivity index (χ4n) is 4.27. The molecule has 4 rings (SSSR count). The number of nitrogens with zero attached hydrogens (tertiary/aromatic N) is 2. The second-order valence-corrected chi connectivity index (χ2v) is 8.73. The lowest BCUT2D eigenvalue weighted by atomic mass is 9.98. The molecule has 1 aromatic carbocycles. The van der Waals surface area contributed by atoms with Crippen LogP contribution < -0.4 is 10.9 Å². The number of hydrogen-bond donors (Lipinski definition) is 2. The number of H-pyrrole nitrogens is 1. The van der Waals surface area contributed by atoms with Crippen molar-refractivity contribution in [2.45, 2.75) is 47.2 Å². The summed E-state index contributed by atoms with van der Waals surface area (Å²) in [7, 11) is 0. The average Bonchev–Trinajstić information content (AvgIpc) is 3.09. The van der Waals surface area contributed by atoms with Gasteiger partial charge in [0.25, 0.3) is 11.5 Å². The van der Waals surface area contributed by atoms with Gasteiger partial charge in [0.1, 0.15) is 0 Å². The number of nitrogens with one attached hydrogen (secondary N) is 2. The SMILES string of the molecule is Cc1cc(C)c(CNC(=O)c2cc(-c3ccc(F)nc3)cc3c2c(C)cn3C(C)C)c(=O)[nH]1. The molecule has 0 atom stereocenters. The van der Waals surface area contributed by atoms with Crippen LogP contribution in [0.4, 0.5) is 4.39 Å². The van der Waals surface area contributed by atoms with Crippen molar-refractivity contribution < 1.29 is 9.18 Å². The van der Waals surface area contributed by atoms with Crippen LogP contribution in [0.15, 0.2) is 47.5 Å². The van der Waals surface area contributed by atoms with Gasteiger partial charge in [-0.3, -0.25) is 9.59 Å². The number of benzene rings is 1. The molecule has 33 heavy (non-hydrogen) atoms. The predicted octanol–water partition coefficient (Wildman–Crippen LogP) is 4.97. The molecule has 170 valence electrons. The Hall–Kier alpha value is -3.74. The Labute approximate surface area is 191 Å². The van der Waals surface area contributed by atoms with Gasteiger partial charge in [0.05, 0.1) is 0 Å². The van der Waals surface area contributed by atoms with E-state index in [2.05, 4.69) is 33.7 Å². The lowest BCUT2D eigenvalue weighted by molar-refractivity contribution is 0.0952. The number of halogens is 1. The number of carbonyl (C=O) groups is 1. The van der Waals surface area contributed by atoms with Gasteiger partial charge in [-0.1, -0.05) is 0 Å². The smallest absolute Gasteiger partial charge is 0.253 e. The van der Waals surface area contributed by atoms with Crippen molar-refractivity contribution in [2.75, 3.05) is 0 Å². The number of amides is 1. The number of fused-ring (bicyclic) bond motifs is 1. The zero-order chi connectivity index (χ0) is 23.9. The molecule has 0 aliphatic heterocycles. The van der Waals surface area contributed by atoms with E-state index in [4.69, 9.17) is 0 Å². The van der Waals surface area contributed by atoms with E-state index in [1.54, 1.807) is 12.1 Å². The molecule has 2 N–H and O–H groups in total. The van der Waals surface area contributed by atoms with Crippen LogP contribution in [0.5, 0.6) is 0 Å². The molecule has 1 amide bonds. The van der Waals surface area contributed by atoms with E-state index >= 15 is 0 Å². The highest BCUT2D eigenvalue weighted by Gasteiger charge is 2.19. The highest BCUT2D eigenvalue weighted by Crippen LogP contribution is 2.32. The van der Waals surface area contributed by atoms with Crippen LogP contribution in [0.1, 0.15) is 52.6 Å². The van der Waals surface area contributed by atoms with Gasteiger partial charge in [0.15, 0.2) is 0 Å². The van der Waals surface area contributed by atoms with E-state index in [1.165, 1.54) is 12.3 Å². The Morgan fingerprint density at radius 3 is 2.52 bits per heavy atom. The molecule has 0 radical (unpaired) electrons. The molecular weight excluding hydrogens is 419 g/mol. The summed E-state index contributed by atoms with van der Waals surface area (Å²) in [5.41, 5.74) is 5.82. The molecular formula is C26H27FN4O2. The molecule has 0 saturated carbocycles. The van der Waals surface area contributed by atoms with Crippen molar-refractivity contribution in [3.63, 3.8) is 0 Å². The lowest BCUT2D eigenvalue weighted by Crippen LogP contribution is -2.28. The monoisotopic (exact) mass is 446 g/mol. The third-order valence-corrected chi connectivity index (χ3v) is 5.90.